The summed E-state index contributed by atoms with van der Waals surface area (Å²) in [5.41, 5.74) is 0.830. The van der Waals surface area contributed by atoms with E-state index >= 15 is 0 Å². The molecule has 0 bridgehead atoms. The van der Waals surface area contributed by atoms with Crippen LogP contribution in [0.25, 0.3) is 10.9 Å². The van der Waals surface area contributed by atoms with Crippen LogP contribution in [0, 0.1) is 0 Å². The Morgan fingerprint density at radius 2 is 2.06 bits per heavy atom. The van der Waals surface area contributed by atoms with Crippen molar-refractivity contribution in [2.75, 3.05) is 0 Å². The number of hydrogen-bond acceptors (Lipinski definition) is 3. The van der Waals surface area contributed by atoms with Crippen molar-refractivity contribution in [1.29, 1.82) is 0 Å². The third-order valence-electron chi connectivity index (χ3n) is 2.38. The van der Waals surface area contributed by atoms with E-state index in [9.17, 15) is 4.79 Å². The van der Waals surface area contributed by atoms with Gasteiger partial charge >= 0.3 is 5.97 Å². The number of carboxylic acid groups (broad SMARTS) is 1. The summed E-state index contributed by atoms with van der Waals surface area (Å²) in [6, 6.07) is 5.01. The van der Waals surface area contributed by atoms with Crippen LogP contribution in [0.15, 0.2) is 30.7 Å². The Hall–Kier alpha value is -2.43. The van der Waals surface area contributed by atoms with E-state index in [1.165, 1.54) is 18.6 Å². The highest BCUT2D eigenvalue weighted by Crippen LogP contribution is 2.38. The number of aromatic nitrogens is 1. The minimum Gasteiger partial charge on any atom is -0.477 e. The molecular weight excluding hydrogens is 210 g/mol. The molecule has 3 rings (SSSR count). The second-order valence-corrected chi connectivity index (χ2v) is 3.35. The maximum atomic E-state index is 10.8. The van der Waals surface area contributed by atoms with E-state index in [4.69, 9.17) is 14.6 Å². The topological polar surface area (TPSA) is 71.5 Å². The molecule has 2 heterocycles. The maximum Gasteiger partial charge on any atom is 0.352 e. The largest absolute Gasteiger partial charge is 0.477 e. The van der Waals surface area contributed by atoms with Gasteiger partial charge in [0.15, 0.2) is 11.5 Å². The molecule has 1 aromatic carbocycles. The van der Waals surface area contributed by atoms with Crippen molar-refractivity contribution < 1.29 is 19.4 Å². The molecule has 0 amide bonds. The molecule has 0 fully saturated rings. The highest BCUT2D eigenvalue weighted by Gasteiger charge is 2.16. The van der Waals surface area contributed by atoms with E-state index in [2.05, 4.69) is 4.98 Å². The van der Waals surface area contributed by atoms with E-state index < -0.39 is 5.97 Å². The summed E-state index contributed by atoms with van der Waals surface area (Å²) in [4.78, 5) is 13.6. The summed E-state index contributed by atoms with van der Waals surface area (Å²) in [5, 5.41) is 9.57. The Morgan fingerprint density at radius 1 is 1.25 bits per heavy atom. The molecular formula is C11H7NO4. The van der Waals surface area contributed by atoms with Crippen molar-refractivity contribution in [3.63, 3.8) is 0 Å². The fraction of sp³-hybridized carbons (Fsp3) is 0. The quantitative estimate of drug-likeness (QED) is 0.767. The van der Waals surface area contributed by atoms with Gasteiger partial charge in [-0.25, -0.2) is 4.79 Å². The summed E-state index contributed by atoms with van der Waals surface area (Å²) >= 11 is 0. The van der Waals surface area contributed by atoms with Gasteiger partial charge in [0.2, 0.25) is 0 Å². The normalized spacial score (nSPS) is 13.0. The molecule has 5 nitrogen and oxygen atoms in total. The first kappa shape index (κ1) is 8.84. The lowest BCUT2D eigenvalue weighted by molar-refractivity contribution is 0.0691. The minimum absolute atomic E-state index is 0.126. The average molecular weight is 217 g/mol. The number of aromatic amines is 1. The van der Waals surface area contributed by atoms with Gasteiger partial charge in [0.1, 0.15) is 18.2 Å². The van der Waals surface area contributed by atoms with Crippen LogP contribution in [0.1, 0.15) is 10.5 Å². The smallest absolute Gasteiger partial charge is 0.352 e. The van der Waals surface area contributed by atoms with Gasteiger partial charge in [0.25, 0.3) is 0 Å². The Balaban J connectivity index is 2.28. The van der Waals surface area contributed by atoms with E-state index in [0.29, 0.717) is 22.4 Å². The Labute approximate surface area is 89.9 Å². The van der Waals surface area contributed by atoms with Crippen LogP contribution in [0.2, 0.25) is 0 Å². The van der Waals surface area contributed by atoms with Crippen LogP contribution in [-0.2, 0) is 0 Å². The molecule has 0 saturated carbocycles. The Bertz CT molecular complexity index is 612. The van der Waals surface area contributed by atoms with Gasteiger partial charge in [-0.1, -0.05) is 0 Å². The molecule has 0 aliphatic carbocycles. The van der Waals surface area contributed by atoms with Crippen LogP contribution in [0.4, 0.5) is 0 Å². The van der Waals surface area contributed by atoms with Crippen molar-refractivity contribution in [2.24, 2.45) is 0 Å². The van der Waals surface area contributed by atoms with Crippen molar-refractivity contribution in [3.05, 3.63) is 36.4 Å². The molecule has 2 aromatic rings. The van der Waals surface area contributed by atoms with Gasteiger partial charge < -0.3 is 19.6 Å². The lowest BCUT2D eigenvalue weighted by Gasteiger charge is -2.12. The van der Waals surface area contributed by atoms with Gasteiger partial charge in [-0.3, -0.25) is 0 Å². The van der Waals surface area contributed by atoms with E-state index in [0.717, 1.165) is 0 Å². The van der Waals surface area contributed by atoms with E-state index in [1.54, 1.807) is 12.1 Å². The van der Waals surface area contributed by atoms with Crippen LogP contribution in [0.5, 0.6) is 11.5 Å². The number of carbonyl (C=O) groups is 1. The lowest BCUT2D eigenvalue weighted by Crippen LogP contribution is -1.95. The molecule has 2 N–H and O–H groups in total. The number of H-pyrrole nitrogens is 1. The second-order valence-electron chi connectivity index (χ2n) is 3.35. The second kappa shape index (κ2) is 3.03. The predicted octanol–water partition coefficient (Wildman–Crippen LogP) is 2.11. The summed E-state index contributed by atoms with van der Waals surface area (Å²) < 4.78 is 10.5. The zero-order chi connectivity index (χ0) is 11.1. The first-order chi connectivity index (χ1) is 7.75. The maximum absolute atomic E-state index is 10.8. The van der Waals surface area contributed by atoms with Gasteiger partial charge in [-0.15, -0.1) is 0 Å². The zero-order valence-electron chi connectivity index (χ0n) is 8.06. The van der Waals surface area contributed by atoms with Crippen molar-refractivity contribution in [1.82, 2.24) is 4.98 Å². The van der Waals surface area contributed by atoms with Crippen LogP contribution >= 0.6 is 0 Å². The molecule has 0 radical (unpaired) electrons. The molecule has 0 saturated heterocycles. The standard InChI is InChI=1S/C11H7NO4/c13-11(14)8-5-6-7(12-8)1-2-9-10(6)16-4-3-15-9/h1-5,12H,(H,13,14). The fourth-order valence-corrected chi connectivity index (χ4v) is 1.68. The van der Waals surface area contributed by atoms with Crippen molar-refractivity contribution in [2.45, 2.75) is 0 Å². The zero-order valence-corrected chi connectivity index (χ0v) is 8.06. The molecule has 5 heteroatoms. The molecule has 80 valence electrons. The molecule has 1 aliphatic heterocycles. The third kappa shape index (κ3) is 1.15. The predicted molar refractivity (Wildman–Crippen MR) is 55.7 cm³/mol. The molecule has 0 spiro atoms. The van der Waals surface area contributed by atoms with Gasteiger partial charge in [0, 0.05) is 5.39 Å². The number of aromatic carboxylic acids is 1. The molecule has 16 heavy (non-hydrogen) atoms. The number of rotatable bonds is 1. The first-order valence-corrected chi connectivity index (χ1v) is 4.63. The highest BCUT2D eigenvalue weighted by molar-refractivity contribution is 5.97. The third-order valence-corrected chi connectivity index (χ3v) is 2.38. The lowest BCUT2D eigenvalue weighted by atomic mass is 10.2. The summed E-state index contributed by atoms with van der Waals surface area (Å²) in [6.07, 6.45) is 2.84. The van der Waals surface area contributed by atoms with Crippen molar-refractivity contribution in [3.8, 4) is 11.5 Å². The highest BCUT2D eigenvalue weighted by atomic mass is 16.5. The fourth-order valence-electron chi connectivity index (χ4n) is 1.68. The van der Waals surface area contributed by atoms with Gasteiger partial charge in [-0.2, -0.15) is 0 Å². The number of ether oxygens (including phenoxy) is 2. The number of benzene rings is 1. The Morgan fingerprint density at radius 3 is 2.88 bits per heavy atom. The van der Waals surface area contributed by atoms with E-state index in [-0.39, 0.29) is 5.69 Å². The Kier molecular flexibility index (Phi) is 1.67. The number of nitrogens with one attached hydrogen (secondary N) is 1. The molecule has 1 aromatic heterocycles. The number of fused-ring (bicyclic) bond motifs is 3. The average Bonchev–Trinajstić information content (AvgIpc) is 2.73. The molecule has 0 unspecified atom stereocenters. The summed E-state index contributed by atoms with van der Waals surface area (Å²) in [5.74, 6) is 0.104. The summed E-state index contributed by atoms with van der Waals surface area (Å²) in [6.45, 7) is 0. The monoisotopic (exact) mass is 217 g/mol. The minimum atomic E-state index is -1.00. The molecule has 0 atom stereocenters. The van der Waals surface area contributed by atoms with Crippen LogP contribution in [-0.4, -0.2) is 16.1 Å². The van der Waals surface area contributed by atoms with Gasteiger partial charge in [0.05, 0.1) is 5.52 Å². The van der Waals surface area contributed by atoms with Gasteiger partial charge in [-0.05, 0) is 18.2 Å². The van der Waals surface area contributed by atoms with Crippen LogP contribution in [0.3, 0.4) is 0 Å². The molecule has 1 aliphatic rings. The number of hydrogen-bond donors (Lipinski definition) is 2. The van der Waals surface area contributed by atoms with Crippen LogP contribution < -0.4 is 9.47 Å². The SMILES string of the molecule is O=C(O)c1cc2c3c(ccc2[nH]1)OC=CO3. The number of carboxylic acids is 1. The van der Waals surface area contributed by atoms with Crippen molar-refractivity contribution >= 4 is 16.9 Å². The first-order valence-electron chi connectivity index (χ1n) is 4.63. The van der Waals surface area contributed by atoms with E-state index in [1.807, 2.05) is 0 Å². The summed E-state index contributed by atoms with van der Waals surface area (Å²) in [7, 11) is 0.